The van der Waals surface area contributed by atoms with Gasteiger partial charge in [0.25, 0.3) is 0 Å². The van der Waals surface area contributed by atoms with Gasteiger partial charge in [-0.1, -0.05) is 133 Å². The fourth-order valence-electron chi connectivity index (χ4n) is 8.84. The van der Waals surface area contributed by atoms with Crippen LogP contribution in [0.5, 0.6) is 11.5 Å². The van der Waals surface area contributed by atoms with Gasteiger partial charge in [0.05, 0.1) is 5.41 Å². The molecule has 8 aromatic rings. The van der Waals surface area contributed by atoms with Gasteiger partial charge in [-0.05, 0) is 102 Å². The second-order valence-corrected chi connectivity index (χ2v) is 12.8. The molecule has 0 N–H and O–H groups in total. The molecule has 8 aromatic carbocycles. The first-order valence-electron chi connectivity index (χ1n) is 16.0. The summed E-state index contributed by atoms with van der Waals surface area (Å²) in [4.78, 5) is 0. The molecular weight excluding hydrogens is 556 g/mol. The van der Waals surface area contributed by atoms with E-state index >= 15 is 0 Å². The van der Waals surface area contributed by atoms with Gasteiger partial charge >= 0.3 is 0 Å². The molecule has 1 aliphatic heterocycles. The Morgan fingerprint density at radius 1 is 0.370 bits per heavy atom. The summed E-state index contributed by atoms with van der Waals surface area (Å²) in [5.41, 5.74) is 15.1. The molecule has 46 heavy (non-hydrogen) atoms. The number of benzene rings is 8. The lowest BCUT2D eigenvalue weighted by Crippen LogP contribution is -2.26. The quantitative estimate of drug-likeness (QED) is 0.187. The summed E-state index contributed by atoms with van der Waals surface area (Å²) >= 11 is 0. The summed E-state index contributed by atoms with van der Waals surface area (Å²) in [5, 5.41) is 4.99. The van der Waals surface area contributed by atoms with Crippen molar-refractivity contribution in [1.29, 1.82) is 0 Å². The van der Waals surface area contributed by atoms with Crippen LogP contribution in [0, 0.1) is 0 Å². The zero-order valence-electron chi connectivity index (χ0n) is 24.9. The molecule has 2 aliphatic carbocycles. The highest BCUT2D eigenvalue weighted by Gasteiger charge is 2.52. The van der Waals surface area contributed by atoms with Crippen molar-refractivity contribution in [2.24, 2.45) is 0 Å². The Morgan fingerprint density at radius 2 is 0.978 bits per heavy atom. The molecule has 0 fully saturated rings. The Bertz CT molecular complexity index is 2570. The molecule has 1 heterocycles. The van der Waals surface area contributed by atoms with Crippen LogP contribution in [0.1, 0.15) is 22.3 Å². The number of rotatable bonds is 1. The van der Waals surface area contributed by atoms with Gasteiger partial charge in [-0.15, -0.1) is 0 Å². The van der Waals surface area contributed by atoms with Gasteiger partial charge in [0.2, 0.25) is 0 Å². The van der Waals surface area contributed by atoms with E-state index in [9.17, 15) is 0 Å². The third-order valence-corrected chi connectivity index (χ3v) is 10.7. The lowest BCUT2D eigenvalue weighted by Gasteiger charge is -2.31. The van der Waals surface area contributed by atoms with Gasteiger partial charge in [-0.3, -0.25) is 0 Å². The first-order chi connectivity index (χ1) is 22.8. The average Bonchev–Trinajstić information content (AvgIpc) is 3.59. The Labute approximate surface area is 267 Å². The normalized spacial score (nSPS) is 14.0. The lowest BCUT2D eigenvalue weighted by atomic mass is 9.69. The molecule has 0 saturated carbocycles. The van der Waals surface area contributed by atoms with Crippen LogP contribution in [0.15, 0.2) is 158 Å². The van der Waals surface area contributed by atoms with Gasteiger partial charge < -0.3 is 4.74 Å². The molecule has 0 saturated heterocycles. The second kappa shape index (κ2) is 8.62. The highest BCUT2D eigenvalue weighted by atomic mass is 16.5. The van der Waals surface area contributed by atoms with Gasteiger partial charge in [0.1, 0.15) is 11.5 Å². The van der Waals surface area contributed by atoms with Crippen molar-refractivity contribution in [2.45, 2.75) is 5.41 Å². The molecule has 11 rings (SSSR count). The van der Waals surface area contributed by atoms with Gasteiger partial charge in [-0.25, -0.2) is 0 Å². The second-order valence-electron chi connectivity index (χ2n) is 12.8. The third kappa shape index (κ3) is 2.91. The fourth-order valence-corrected chi connectivity index (χ4v) is 8.84. The van der Waals surface area contributed by atoms with Crippen molar-refractivity contribution < 1.29 is 4.74 Å². The Morgan fingerprint density at radius 3 is 1.80 bits per heavy atom. The van der Waals surface area contributed by atoms with E-state index in [1.165, 1.54) is 77.2 Å². The highest BCUT2D eigenvalue weighted by molar-refractivity contribution is 6.06. The van der Waals surface area contributed by atoms with Gasteiger partial charge in [0, 0.05) is 10.9 Å². The summed E-state index contributed by atoms with van der Waals surface area (Å²) in [5.74, 6) is 1.83. The SMILES string of the molecule is c1ccc2c(c1)-c1ccccc1C21c2cc(-c3ccc4c(c3)Oc3cccc5cccc-4c35)ccc2-c2ccc3ccccc3c21. The molecule has 1 nitrogen and oxygen atoms in total. The zero-order chi connectivity index (χ0) is 30.0. The molecule has 1 spiro atoms. The highest BCUT2D eigenvalue weighted by Crippen LogP contribution is 2.64. The van der Waals surface area contributed by atoms with E-state index in [2.05, 4.69) is 158 Å². The van der Waals surface area contributed by atoms with Crippen molar-refractivity contribution in [3.63, 3.8) is 0 Å². The predicted molar refractivity (Wildman–Crippen MR) is 189 cm³/mol. The number of fused-ring (bicyclic) bond motifs is 14. The maximum Gasteiger partial charge on any atom is 0.135 e. The van der Waals surface area contributed by atoms with Crippen LogP contribution in [0.2, 0.25) is 0 Å². The molecular formula is C45H26O. The molecule has 1 heteroatoms. The Balaban J connectivity index is 1.18. The topological polar surface area (TPSA) is 9.23 Å². The summed E-state index contributed by atoms with van der Waals surface area (Å²) < 4.78 is 6.59. The third-order valence-electron chi connectivity index (χ3n) is 10.7. The van der Waals surface area contributed by atoms with E-state index < -0.39 is 5.41 Å². The maximum atomic E-state index is 6.59. The molecule has 0 aromatic heterocycles. The van der Waals surface area contributed by atoms with Crippen LogP contribution in [0.3, 0.4) is 0 Å². The predicted octanol–water partition coefficient (Wildman–Crippen LogP) is 11.8. The summed E-state index contributed by atoms with van der Waals surface area (Å²) in [6.45, 7) is 0. The standard InChI is InChI=1S/C45H26O/c1-2-12-31-27(9-1)19-24-37-34-22-20-29(30-21-23-35-36-15-7-10-28-11-8-18-41(43(28)36)46-42(35)26-30)25-40(34)45(44(31)37)38-16-5-3-13-32(38)33-14-4-6-17-39(33)45/h1-26H. The van der Waals surface area contributed by atoms with Crippen molar-refractivity contribution >= 4 is 21.5 Å². The van der Waals surface area contributed by atoms with Crippen LogP contribution < -0.4 is 4.74 Å². The van der Waals surface area contributed by atoms with Crippen molar-refractivity contribution in [3.8, 4) is 56.0 Å². The van der Waals surface area contributed by atoms with Crippen LogP contribution in [-0.4, -0.2) is 0 Å². The molecule has 0 radical (unpaired) electrons. The molecule has 3 aliphatic rings. The minimum absolute atomic E-state index is 0.409. The smallest absolute Gasteiger partial charge is 0.135 e. The monoisotopic (exact) mass is 582 g/mol. The molecule has 0 atom stereocenters. The lowest BCUT2D eigenvalue weighted by molar-refractivity contribution is 0.487. The van der Waals surface area contributed by atoms with E-state index in [-0.39, 0.29) is 0 Å². The van der Waals surface area contributed by atoms with E-state index in [0.29, 0.717) is 0 Å². The first kappa shape index (κ1) is 24.4. The van der Waals surface area contributed by atoms with Crippen LogP contribution in [-0.2, 0) is 5.41 Å². The molecule has 212 valence electrons. The first-order valence-corrected chi connectivity index (χ1v) is 16.0. The van der Waals surface area contributed by atoms with Crippen molar-refractivity contribution in [3.05, 3.63) is 180 Å². The van der Waals surface area contributed by atoms with Crippen LogP contribution >= 0.6 is 0 Å². The van der Waals surface area contributed by atoms with Crippen molar-refractivity contribution in [1.82, 2.24) is 0 Å². The Hall–Kier alpha value is -5.92. The number of ether oxygens (including phenoxy) is 1. The van der Waals surface area contributed by atoms with Crippen LogP contribution in [0.4, 0.5) is 0 Å². The fraction of sp³-hybridized carbons (Fsp3) is 0.0222. The number of hydrogen-bond donors (Lipinski definition) is 0. The minimum Gasteiger partial charge on any atom is -0.456 e. The minimum atomic E-state index is -0.409. The van der Waals surface area contributed by atoms with E-state index in [4.69, 9.17) is 4.74 Å². The van der Waals surface area contributed by atoms with Gasteiger partial charge in [0.15, 0.2) is 0 Å². The summed E-state index contributed by atoms with van der Waals surface area (Å²) in [6, 6.07) is 58.3. The van der Waals surface area contributed by atoms with Crippen molar-refractivity contribution in [2.75, 3.05) is 0 Å². The average molecular weight is 583 g/mol. The summed E-state index contributed by atoms with van der Waals surface area (Å²) in [6.07, 6.45) is 0. The van der Waals surface area contributed by atoms with Gasteiger partial charge in [-0.2, -0.15) is 0 Å². The molecule has 0 unspecified atom stereocenters. The Kier molecular flexibility index (Phi) is 4.57. The molecule has 0 amide bonds. The van der Waals surface area contributed by atoms with E-state index in [1.54, 1.807) is 0 Å². The maximum absolute atomic E-state index is 6.59. The number of hydrogen-bond acceptors (Lipinski definition) is 1. The van der Waals surface area contributed by atoms with E-state index in [1.807, 2.05) is 0 Å². The van der Waals surface area contributed by atoms with Crippen LogP contribution in [0.25, 0.3) is 66.1 Å². The van der Waals surface area contributed by atoms with E-state index in [0.717, 1.165) is 22.6 Å². The zero-order valence-corrected chi connectivity index (χ0v) is 24.9. The molecule has 0 bridgehead atoms. The summed E-state index contributed by atoms with van der Waals surface area (Å²) in [7, 11) is 0. The largest absolute Gasteiger partial charge is 0.456 e.